The summed E-state index contributed by atoms with van der Waals surface area (Å²) in [7, 11) is 0. The number of hydrogen-bond acceptors (Lipinski definition) is 2. The van der Waals surface area contributed by atoms with Crippen molar-refractivity contribution in [2.75, 3.05) is 13.1 Å². The number of benzene rings is 1. The summed E-state index contributed by atoms with van der Waals surface area (Å²) in [6, 6.07) is 2.65. The molecular weight excluding hydrogens is 309 g/mol. The molecule has 0 atom stereocenters. The van der Waals surface area contributed by atoms with Crippen molar-refractivity contribution < 1.29 is 19.1 Å². The van der Waals surface area contributed by atoms with Crippen LogP contribution in [0.15, 0.2) is 12.1 Å². The molecule has 1 heterocycles. The Morgan fingerprint density at radius 3 is 2.59 bits per heavy atom. The third-order valence-electron chi connectivity index (χ3n) is 4.15. The molecule has 0 radical (unpaired) electrons. The van der Waals surface area contributed by atoms with Gasteiger partial charge in [0, 0.05) is 19.5 Å². The SMILES string of the molecule is Cc1cc(Cl)c(C(=O)N2CCC(CCC(=O)O)CC2)cc1F. The Morgan fingerprint density at radius 1 is 1.36 bits per heavy atom. The monoisotopic (exact) mass is 327 g/mol. The smallest absolute Gasteiger partial charge is 0.303 e. The van der Waals surface area contributed by atoms with Gasteiger partial charge in [0.1, 0.15) is 5.82 Å². The lowest BCUT2D eigenvalue weighted by Crippen LogP contribution is -2.38. The molecule has 120 valence electrons. The fourth-order valence-corrected chi connectivity index (χ4v) is 3.03. The molecule has 1 amide bonds. The molecule has 6 heteroatoms. The van der Waals surface area contributed by atoms with E-state index in [-0.39, 0.29) is 22.9 Å². The van der Waals surface area contributed by atoms with Gasteiger partial charge in [-0.3, -0.25) is 9.59 Å². The van der Waals surface area contributed by atoms with Crippen LogP contribution in [0.5, 0.6) is 0 Å². The van der Waals surface area contributed by atoms with Crippen molar-refractivity contribution in [3.63, 3.8) is 0 Å². The average molecular weight is 328 g/mol. The molecule has 0 bridgehead atoms. The lowest BCUT2D eigenvalue weighted by Gasteiger charge is -2.32. The van der Waals surface area contributed by atoms with Crippen molar-refractivity contribution in [3.8, 4) is 0 Å². The van der Waals surface area contributed by atoms with Crippen LogP contribution in [0.2, 0.25) is 5.02 Å². The van der Waals surface area contributed by atoms with Gasteiger partial charge in [-0.2, -0.15) is 0 Å². The van der Waals surface area contributed by atoms with E-state index in [1.54, 1.807) is 11.8 Å². The van der Waals surface area contributed by atoms with Gasteiger partial charge in [-0.25, -0.2) is 4.39 Å². The molecule has 0 aliphatic carbocycles. The minimum absolute atomic E-state index is 0.160. The lowest BCUT2D eigenvalue weighted by atomic mass is 9.92. The molecule has 1 N–H and O–H groups in total. The number of piperidine rings is 1. The van der Waals surface area contributed by atoms with Gasteiger partial charge in [0.25, 0.3) is 5.91 Å². The van der Waals surface area contributed by atoms with Gasteiger partial charge < -0.3 is 10.0 Å². The van der Waals surface area contributed by atoms with E-state index in [4.69, 9.17) is 16.7 Å². The predicted molar refractivity (Wildman–Crippen MR) is 81.6 cm³/mol. The standard InChI is InChI=1S/C16H19ClFNO3/c1-10-8-13(17)12(9-14(10)18)16(22)19-6-4-11(5-7-19)2-3-15(20)21/h8-9,11H,2-7H2,1H3,(H,20,21). The highest BCUT2D eigenvalue weighted by Crippen LogP contribution is 2.26. The van der Waals surface area contributed by atoms with Crippen molar-refractivity contribution in [2.24, 2.45) is 5.92 Å². The molecule has 2 rings (SSSR count). The van der Waals surface area contributed by atoms with E-state index in [0.717, 1.165) is 12.8 Å². The van der Waals surface area contributed by atoms with Crippen molar-refractivity contribution in [1.29, 1.82) is 0 Å². The van der Waals surface area contributed by atoms with Crippen LogP contribution >= 0.6 is 11.6 Å². The number of halogens is 2. The average Bonchev–Trinajstić information content (AvgIpc) is 2.48. The largest absolute Gasteiger partial charge is 0.481 e. The topological polar surface area (TPSA) is 57.6 Å². The number of carboxylic acids is 1. The summed E-state index contributed by atoms with van der Waals surface area (Å²) in [4.78, 5) is 24.7. The number of nitrogens with zero attached hydrogens (tertiary/aromatic N) is 1. The van der Waals surface area contributed by atoms with E-state index in [9.17, 15) is 14.0 Å². The molecule has 1 fully saturated rings. The zero-order valence-electron chi connectivity index (χ0n) is 12.4. The second kappa shape index (κ2) is 7.09. The van der Waals surface area contributed by atoms with Crippen LogP contribution in [0.1, 0.15) is 41.6 Å². The van der Waals surface area contributed by atoms with Crippen LogP contribution in [0, 0.1) is 18.7 Å². The van der Waals surface area contributed by atoms with Crippen LogP contribution in [0.4, 0.5) is 4.39 Å². The lowest BCUT2D eigenvalue weighted by molar-refractivity contribution is -0.137. The summed E-state index contributed by atoms with van der Waals surface area (Å²) in [5, 5.41) is 8.96. The van der Waals surface area contributed by atoms with Gasteiger partial charge in [0.2, 0.25) is 0 Å². The normalized spacial score (nSPS) is 15.9. The van der Waals surface area contributed by atoms with Gasteiger partial charge in [0.05, 0.1) is 10.6 Å². The number of carboxylic acid groups (broad SMARTS) is 1. The molecule has 22 heavy (non-hydrogen) atoms. The molecule has 1 aliphatic rings. The zero-order chi connectivity index (χ0) is 16.3. The first-order chi connectivity index (χ1) is 10.4. The van der Waals surface area contributed by atoms with Crippen molar-refractivity contribution in [2.45, 2.75) is 32.6 Å². The quantitative estimate of drug-likeness (QED) is 0.920. The molecule has 0 unspecified atom stereocenters. The van der Waals surface area contributed by atoms with Crippen LogP contribution in [0.25, 0.3) is 0 Å². The number of aliphatic carboxylic acids is 1. The van der Waals surface area contributed by atoms with E-state index in [1.807, 2.05) is 0 Å². The third-order valence-corrected chi connectivity index (χ3v) is 4.46. The highest BCUT2D eigenvalue weighted by atomic mass is 35.5. The zero-order valence-corrected chi connectivity index (χ0v) is 13.2. The van der Waals surface area contributed by atoms with Crippen molar-refractivity contribution in [1.82, 2.24) is 4.90 Å². The van der Waals surface area contributed by atoms with E-state index in [2.05, 4.69) is 0 Å². The Bertz CT molecular complexity index is 583. The Hall–Kier alpha value is -1.62. The fraction of sp³-hybridized carbons (Fsp3) is 0.500. The maximum absolute atomic E-state index is 13.6. The molecule has 0 saturated carbocycles. The van der Waals surface area contributed by atoms with Gasteiger partial charge >= 0.3 is 5.97 Å². The minimum Gasteiger partial charge on any atom is -0.481 e. The number of carbonyl (C=O) groups excluding carboxylic acids is 1. The first-order valence-electron chi connectivity index (χ1n) is 7.35. The van der Waals surface area contributed by atoms with Crippen LogP contribution < -0.4 is 0 Å². The van der Waals surface area contributed by atoms with Crippen molar-refractivity contribution >= 4 is 23.5 Å². The number of carbonyl (C=O) groups is 2. The van der Waals surface area contributed by atoms with Gasteiger partial charge in [0.15, 0.2) is 0 Å². The summed E-state index contributed by atoms with van der Waals surface area (Å²) in [5.41, 5.74) is 0.600. The van der Waals surface area contributed by atoms with Gasteiger partial charge in [-0.15, -0.1) is 0 Å². The number of likely N-dealkylation sites (tertiary alicyclic amines) is 1. The molecule has 0 aromatic heterocycles. The maximum atomic E-state index is 13.6. The molecule has 1 saturated heterocycles. The molecular formula is C16H19ClFNO3. The second-order valence-corrected chi connectivity index (χ2v) is 6.16. The second-order valence-electron chi connectivity index (χ2n) is 5.75. The number of amides is 1. The van der Waals surface area contributed by atoms with Gasteiger partial charge in [-0.1, -0.05) is 11.6 Å². The van der Waals surface area contributed by atoms with Crippen molar-refractivity contribution in [3.05, 3.63) is 34.1 Å². The Balaban J connectivity index is 1.98. The summed E-state index contributed by atoms with van der Waals surface area (Å²) >= 11 is 6.05. The van der Waals surface area contributed by atoms with Gasteiger partial charge in [-0.05, 0) is 49.8 Å². The third kappa shape index (κ3) is 3.97. The molecule has 4 nitrogen and oxygen atoms in total. The highest BCUT2D eigenvalue weighted by molar-refractivity contribution is 6.33. The number of aryl methyl sites for hydroxylation is 1. The fourth-order valence-electron chi connectivity index (χ4n) is 2.73. The van der Waals surface area contributed by atoms with E-state index in [1.165, 1.54) is 12.1 Å². The first-order valence-corrected chi connectivity index (χ1v) is 7.73. The van der Waals surface area contributed by atoms with E-state index in [0.29, 0.717) is 31.0 Å². The maximum Gasteiger partial charge on any atom is 0.303 e. The number of rotatable bonds is 4. The summed E-state index contributed by atoms with van der Waals surface area (Å²) < 4.78 is 13.6. The molecule has 0 spiro atoms. The van der Waals surface area contributed by atoms with Crippen LogP contribution in [-0.2, 0) is 4.79 Å². The summed E-state index contributed by atoms with van der Waals surface area (Å²) in [5.74, 6) is -1.17. The Labute approximate surface area is 133 Å². The first kappa shape index (κ1) is 16.7. The van der Waals surface area contributed by atoms with E-state index < -0.39 is 11.8 Å². The van der Waals surface area contributed by atoms with E-state index >= 15 is 0 Å². The molecule has 1 aliphatic heterocycles. The van der Waals surface area contributed by atoms with Crippen LogP contribution in [-0.4, -0.2) is 35.0 Å². The highest BCUT2D eigenvalue weighted by Gasteiger charge is 2.25. The molecule has 1 aromatic carbocycles. The predicted octanol–water partition coefficient (Wildman–Crippen LogP) is 3.50. The summed E-state index contributed by atoms with van der Waals surface area (Å²) in [6.07, 6.45) is 2.33. The summed E-state index contributed by atoms with van der Waals surface area (Å²) in [6.45, 7) is 2.70. The Morgan fingerprint density at radius 2 is 2.00 bits per heavy atom. The molecule has 1 aromatic rings. The minimum atomic E-state index is -0.791. The van der Waals surface area contributed by atoms with Crippen LogP contribution in [0.3, 0.4) is 0 Å². The Kier molecular flexibility index (Phi) is 5.40. The number of hydrogen-bond donors (Lipinski definition) is 1.